The van der Waals surface area contributed by atoms with Crippen LogP contribution >= 0.6 is 0 Å². The standard InChI is InChI=1S/C8H10O8.2Ba/c9-5(10)1-3(7(13)14)4(8(15)16)2-6(11)12;;/h3-4H,1-2H2,(H,9,10)(H,11,12)(H,13,14)(H,15,16);;/q;2*+2/p-4. The number of hydrogen-bond donors (Lipinski definition) is 0. The molecule has 0 aromatic heterocycles. The average molecular weight is 505 g/mol. The molecule has 18 heavy (non-hydrogen) atoms. The van der Waals surface area contributed by atoms with Crippen LogP contribution in [0.4, 0.5) is 0 Å². The minimum absolute atomic E-state index is 0. The van der Waals surface area contributed by atoms with E-state index in [-0.39, 0.29) is 97.8 Å². The van der Waals surface area contributed by atoms with E-state index in [1.165, 1.54) is 0 Å². The Bertz CT molecular complexity index is 297. The van der Waals surface area contributed by atoms with Crippen molar-refractivity contribution >= 4 is 122 Å². The van der Waals surface area contributed by atoms with Crippen molar-refractivity contribution in [3.63, 3.8) is 0 Å². The zero-order valence-electron chi connectivity index (χ0n) is 9.25. The van der Waals surface area contributed by atoms with Crippen LogP contribution in [0.15, 0.2) is 0 Å². The van der Waals surface area contributed by atoms with Gasteiger partial charge in [-0.15, -0.1) is 0 Å². The molecule has 0 aliphatic carbocycles. The van der Waals surface area contributed by atoms with Gasteiger partial charge in [0, 0.05) is 35.7 Å². The van der Waals surface area contributed by atoms with Crippen LogP contribution in [-0.2, 0) is 19.2 Å². The average Bonchev–Trinajstić information content (AvgIpc) is 2.09. The molecule has 0 fully saturated rings. The Morgan fingerprint density at radius 3 is 1.00 bits per heavy atom. The summed E-state index contributed by atoms with van der Waals surface area (Å²) in [6, 6.07) is 0. The topological polar surface area (TPSA) is 161 Å². The van der Waals surface area contributed by atoms with Gasteiger partial charge in [-0.2, -0.15) is 0 Å². The minimum Gasteiger partial charge on any atom is -0.550 e. The van der Waals surface area contributed by atoms with Gasteiger partial charge in [0.05, 0.1) is 0 Å². The fourth-order valence-electron chi connectivity index (χ4n) is 1.14. The van der Waals surface area contributed by atoms with Gasteiger partial charge >= 0.3 is 97.8 Å². The number of hydrogen-bond acceptors (Lipinski definition) is 8. The van der Waals surface area contributed by atoms with Gasteiger partial charge < -0.3 is 39.6 Å². The van der Waals surface area contributed by atoms with Gasteiger partial charge in [-0.1, -0.05) is 0 Å². The second-order valence-corrected chi connectivity index (χ2v) is 3.00. The summed E-state index contributed by atoms with van der Waals surface area (Å²) in [4.78, 5) is 41.2. The van der Waals surface area contributed by atoms with E-state index < -0.39 is 48.6 Å². The molecular formula is C8H6Ba2O8. The summed E-state index contributed by atoms with van der Waals surface area (Å²) in [5.41, 5.74) is 0. The molecule has 0 bridgehead atoms. The number of carbonyl (C=O) groups excluding carboxylic acids is 4. The Balaban J connectivity index is -0.00000112. The molecule has 10 heteroatoms. The smallest absolute Gasteiger partial charge is 0.550 e. The van der Waals surface area contributed by atoms with Crippen molar-refractivity contribution in [1.29, 1.82) is 0 Å². The van der Waals surface area contributed by atoms with E-state index in [2.05, 4.69) is 0 Å². The van der Waals surface area contributed by atoms with Crippen LogP contribution in [-0.4, -0.2) is 122 Å². The molecule has 2 atom stereocenters. The monoisotopic (exact) mass is 506 g/mol. The predicted molar refractivity (Wildman–Crippen MR) is 47.8 cm³/mol. The molecule has 0 heterocycles. The SMILES string of the molecule is O=C([O-])CC(C(=O)[O-])C(CC(=O)[O-])C(=O)[O-].[Ba+2].[Ba+2]. The van der Waals surface area contributed by atoms with Crippen molar-refractivity contribution in [2.24, 2.45) is 11.8 Å². The summed E-state index contributed by atoms with van der Waals surface area (Å²) in [6.45, 7) is 0. The van der Waals surface area contributed by atoms with Crippen LogP contribution in [0.3, 0.4) is 0 Å². The van der Waals surface area contributed by atoms with Gasteiger partial charge in [0.15, 0.2) is 0 Å². The third-order valence-electron chi connectivity index (χ3n) is 1.86. The minimum atomic E-state index is -2.03. The van der Waals surface area contributed by atoms with Gasteiger partial charge in [-0.05, 0) is 12.8 Å². The maximum absolute atomic E-state index is 10.5. The van der Waals surface area contributed by atoms with Crippen LogP contribution in [0, 0.1) is 11.8 Å². The number of carbonyl (C=O) groups is 4. The van der Waals surface area contributed by atoms with Crippen LogP contribution in [0.25, 0.3) is 0 Å². The number of rotatable bonds is 7. The van der Waals surface area contributed by atoms with E-state index in [1.807, 2.05) is 0 Å². The second-order valence-electron chi connectivity index (χ2n) is 3.00. The second kappa shape index (κ2) is 11.8. The zero-order chi connectivity index (χ0) is 12.9. The van der Waals surface area contributed by atoms with Crippen LogP contribution in [0.2, 0.25) is 0 Å². The molecular weight excluding hydrogens is 499 g/mol. The van der Waals surface area contributed by atoms with Crippen molar-refractivity contribution in [3.05, 3.63) is 0 Å². The predicted octanol–water partition coefficient (Wildman–Crippen LogP) is -6.76. The van der Waals surface area contributed by atoms with E-state index in [9.17, 15) is 39.6 Å². The Hall–Kier alpha value is 1.02. The van der Waals surface area contributed by atoms with E-state index >= 15 is 0 Å². The summed E-state index contributed by atoms with van der Waals surface area (Å²) in [7, 11) is 0. The first-order valence-corrected chi connectivity index (χ1v) is 4.07. The van der Waals surface area contributed by atoms with Crippen LogP contribution in [0.1, 0.15) is 12.8 Å². The van der Waals surface area contributed by atoms with Crippen molar-refractivity contribution in [2.45, 2.75) is 12.8 Å². The van der Waals surface area contributed by atoms with Gasteiger partial charge in [-0.3, -0.25) is 0 Å². The molecule has 0 saturated heterocycles. The Kier molecular flexibility index (Phi) is 15.8. The fraction of sp³-hybridized carbons (Fsp3) is 0.500. The molecule has 0 aromatic rings. The molecule has 8 nitrogen and oxygen atoms in total. The van der Waals surface area contributed by atoms with Crippen molar-refractivity contribution in [2.75, 3.05) is 0 Å². The molecule has 0 saturated carbocycles. The number of aliphatic carboxylic acids is 4. The molecule has 0 aliphatic heterocycles. The van der Waals surface area contributed by atoms with E-state index in [4.69, 9.17) is 0 Å². The Morgan fingerprint density at radius 1 is 0.667 bits per heavy atom. The maximum atomic E-state index is 10.5. The zero-order valence-corrected chi connectivity index (χ0v) is 18.1. The third-order valence-corrected chi connectivity index (χ3v) is 1.86. The van der Waals surface area contributed by atoms with E-state index in [0.29, 0.717) is 0 Å². The maximum Gasteiger partial charge on any atom is 2.00 e. The summed E-state index contributed by atoms with van der Waals surface area (Å²) in [5, 5.41) is 41.2. The van der Waals surface area contributed by atoms with Crippen molar-refractivity contribution in [3.8, 4) is 0 Å². The van der Waals surface area contributed by atoms with Crippen molar-refractivity contribution < 1.29 is 39.6 Å². The summed E-state index contributed by atoms with van der Waals surface area (Å²) in [6.07, 6.45) is -2.34. The quantitative estimate of drug-likeness (QED) is 0.309. The summed E-state index contributed by atoms with van der Waals surface area (Å²) in [5.74, 6) is -11.7. The molecule has 0 aromatic carbocycles. The molecule has 90 valence electrons. The number of carboxylic acids is 4. The third kappa shape index (κ3) is 9.89. The number of carboxylic acid groups (broad SMARTS) is 4. The molecule has 0 N–H and O–H groups in total. The normalized spacial score (nSPS) is 12.2. The molecule has 0 radical (unpaired) electrons. The van der Waals surface area contributed by atoms with Gasteiger partial charge in [0.25, 0.3) is 0 Å². The van der Waals surface area contributed by atoms with Gasteiger partial charge in [-0.25, -0.2) is 0 Å². The molecule has 2 unspecified atom stereocenters. The first-order chi connectivity index (χ1) is 7.25. The Morgan fingerprint density at radius 2 is 0.889 bits per heavy atom. The summed E-state index contributed by atoms with van der Waals surface area (Å²) < 4.78 is 0. The molecule has 0 rings (SSSR count). The fourth-order valence-corrected chi connectivity index (χ4v) is 1.14. The van der Waals surface area contributed by atoms with Gasteiger partial charge in [0.1, 0.15) is 0 Å². The first kappa shape index (κ1) is 24.1. The van der Waals surface area contributed by atoms with E-state index in [0.717, 1.165) is 0 Å². The van der Waals surface area contributed by atoms with Crippen LogP contribution < -0.4 is 20.4 Å². The van der Waals surface area contributed by atoms with Crippen molar-refractivity contribution in [1.82, 2.24) is 0 Å². The van der Waals surface area contributed by atoms with Gasteiger partial charge in [0.2, 0.25) is 0 Å². The largest absolute Gasteiger partial charge is 2.00 e. The van der Waals surface area contributed by atoms with E-state index in [1.54, 1.807) is 0 Å². The molecule has 0 aliphatic rings. The van der Waals surface area contributed by atoms with Crippen LogP contribution in [0.5, 0.6) is 0 Å². The Labute approximate surface area is 182 Å². The molecule has 0 spiro atoms. The first-order valence-electron chi connectivity index (χ1n) is 4.07. The molecule has 0 amide bonds. The summed E-state index contributed by atoms with van der Waals surface area (Å²) >= 11 is 0.